The number of hydrogen-bond acceptors (Lipinski definition) is 8. The lowest BCUT2D eigenvalue weighted by atomic mass is 10.0. The number of nitrogens with one attached hydrogen (secondary N) is 2. The van der Waals surface area contributed by atoms with Gasteiger partial charge in [-0.3, -0.25) is 28.2 Å². The summed E-state index contributed by atoms with van der Waals surface area (Å²) < 4.78 is 37.0. The van der Waals surface area contributed by atoms with Gasteiger partial charge in [0.2, 0.25) is 0 Å². The lowest BCUT2D eigenvalue weighted by Gasteiger charge is -2.37. The lowest BCUT2D eigenvalue weighted by Crippen LogP contribution is -2.48. The molecule has 0 amide bonds. The van der Waals surface area contributed by atoms with Crippen LogP contribution in [0.15, 0.2) is 21.9 Å². The first kappa shape index (κ1) is 25.1. The Bertz CT molecular complexity index is 1010. The maximum atomic E-state index is 13.4. The van der Waals surface area contributed by atoms with E-state index in [4.69, 9.17) is 30.1 Å². The Labute approximate surface area is 190 Å². The Kier molecular flexibility index (Phi) is 7.39. The summed E-state index contributed by atoms with van der Waals surface area (Å²) in [4.78, 5) is 36.3. The summed E-state index contributed by atoms with van der Waals surface area (Å²) in [5.74, 6) is -0.712. The number of carbonyl (C=O) groups is 1. The van der Waals surface area contributed by atoms with E-state index < -0.39 is 48.3 Å². The lowest BCUT2D eigenvalue weighted by molar-refractivity contribution is -0.148. The molecule has 11 nitrogen and oxygen atoms in total. The topological polar surface area (TPSA) is 138 Å². The normalized spacial score (nSPS) is 33.3. The largest absolute Gasteiger partial charge is 0.464 e. The molecule has 3 heterocycles. The third kappa shape index (κ3) is 5.18. The van der Waals surface area contributed by atoms with Crippen molar-refractivity contribution in [2.24, 2.45) is 11.8 Å². The standard InChI is InChI=1S/C19H29ClN3O8P/c1-10(2)12(8-28-16(25)11(3)4)22-32(27)29-9-13-15(31-32)19(5,20)17(30-13)23-7-6-14(24)21-18(23)26/h6-7,10-13,15,17H,8-9H2,1-5H3,(H,22,27)(H,21,24,26). The Morgan fingerprint density at radius 1 is 1.41 bits per heavy atom. The number of hydrogen-bond donors (Lipinski definition) is 2. The van der Waals surface area contributed by atoms with E-state index in [-0.39, 0.29) is 31.0 Å². The number of ether oxygens (including phenoxy) is 2. The van der Waals surface area contributed by atoms with Crippen molar-refractivity contribution in [1.82, 2.24) is 14.6 Å². The van der Waals surface area contributed by atoms with Gasteiger partial charge in [-0.15, -0.1) is 11.6 Å². The molecule has 6 atom stereocenters. The van der Waals surface area contributed by atoms with E-state index >= 15 is 0 Å². The summed E-state index contributed by atoms with van der Waals surface area (Å²) in [7, 11) is -3.85. The zero-order valence-electron chi connectivity index (χ0n) is 18.6. The van der Waals surface area contributed by atoms with Gasteiger partial charge in [-0.25, -0.2) is 14.4 Å². The van der Waals surface area contributed by atoms with Crippen LogP contribution in [0.25, 0.3) is 0 Å². The van der Waals surface area contributed by atoms with Crippen molar-refractivity contribution in [2.75, 3.05) is 13.2 Å². The van der Waals surface area contributed by atoms with Crippen LogP contribution >= 0.6 is 19.3 Å². The molecule has 2 aliphatic rings. The van der Waals surface area contributed by atoms with Crippen LogP contribution in [0.3, 0.4) is 0 Å². The molecule has 2 saturated heterocycles. The van der Waals surface area contributed by atoms with Crippen molar-refractivity contribution >= 4 is 25.3 Å². The molecule has 2 aliphatic heterocycles. The van der Waals surface area contributed by atoms with Gasteiger partial charge in [0.05, 0.1) is 18.6 Å². The zero-order chi connectivity index (χ0) is 23.8. The number of halogens is 1. The van der Waals surface area contributed by atoms with Crippen molar-refractivity contribution in [3.05, 3.63) is 33.1 Å². The minimum atomic E-state index is -3.85. The Balaban J connectivity index is 1.76. The minimum Gasteiger partial charge on any atom is -0.464 e. The molecule has 0 aliphatic carbocycles. The number of nitrogens with zero attached hydrogens (tertiary/aromatic N) is 1. The molecule has 6 unspecified atom stereocenters. The van der Waals surface area contributed by atoms with Crippen molar-refractivity contribution in [3.63, 3.8) is 0 Å². The number of rotatable bonds is 7. The minimum absolute atomic E-state index is 0.0104. The summed E-state index contributed by atoms with van der Waals surface area (Å²) in [6, 6.07) is 0.677. The fraction of sp³-hybridized carbons (Fsp3) is 0.737. The highest BCUT2D eigenvalue weighted by Crippen LogP contribution is 2.57. The Hall–Kier alpha value is -1.49. The van der Waals surface area contributed by atoms with Gasteiger partial charge in [0.25, 0.3) is 5.56 Å². The van der Waals surface area contributed by atoms with Gasteiger partial charge in [0.15, 0.2) is 6.23 Å². The second-order valence-electron chi connectivity index (χ2n) is 8.78. The van der Waals surface area contributed by atoms with Crippen LogP contribution in [-0.4, -0.2) is 51.9 Å². The molecular formula is C19H29ClN3O8P. The van der Waals surface area contributed by atoms with Crippen molar-refractivity contribution < 1.29 is 27.9 Å². The first-order valence-electron chi connectivity index (χ1n) is 10.4. The number of aromatic amines is 1. The summed E-state index contributed by atoms with van der Waals surface area (Å²) in [5, 5.41) is 2.85. The highest BCUT2D eigenvalue weighted by Gasteiger charge is 2.60. The van der Waals surface area contributed by atoms with Gasteiger partial charge in [0, 0.05) is 12.3 Å². The molecule has 0 spiro atoms. The second-order valence-corrected chi connectivity index (χ2v) is 11.3. The Morgan fingerprint density at radius 3 is 2.69 bits per heavy atom. The second kappa shape index (κ2) is 9.40. The van der Waals surface area contributed by atoms with Crippen molar-refractivity contribution in [3.8, 4) is 0 Å². The zero-order valence-corrected chi connectivity index (χ0v) is 20.2. The number of esters is 1. The van der Waals surface area contributed by atoms with E-state index in [1.807, 2.05) is 13.8 Å². The third-order valence-corrected chi connectivity index (χ3v) is 7.49. The fourth-order valence-corrected chi connectivity index (χ4v) is 5.84. The fourth-order valence-electron chi connectivity index (χ4n) is 3.46. The molecule has 2 fully saturated rings. The number of fused-ring (bicyclic) bond motifs is 1. The van der Waals surface area contributed by atoms with Gasteiger partial charge >= 0.3 is 19.4 Å². The van der Waals surface area contributed by atoms with Gasteiger partial charge in [0.1, 0.15) is 23.7 Å². The summed E-state index contributed by atoms with van der Waals surface area (Å²) in [5.41, 5.74) is -1.24. The van der Waals surface area contributed by atoms with Crippen molar-refractivity contribution in [1.29, 1.82) is 0 Å². The molecule has 0 aromatic carbocycles. The molecule has 2 N–H and O–H groups in total. The van der Waals surface area contributed by atoms with E-state index in [0.29, 0.717) is 0 Å². The highest BCUT2D eigenvalue weighted by atomic mass is 35.5. The first-order valence-corrected chi connectivity index (χ1v) is 12.3. The molecule has 0 bridgehead atoms. The van der Waals surface area contributed by atoms with Gasteiger partial charge < -0.3 is 9.47 Å². The quantitative estimate of drug-likeness (QED) is 0.330. The molecule has 0 saturated carbocycles. The summed E-state index contributed by atoms with van der Waals surface area (Å²) in [6.45, 7) is 8.70. The first-order chi connectivity index (χ1) is 14.8. The highest BCUT2D eigenvalue weighted by molar-refractivity contribution is 7.51. The average molecular weight is 494 g/mol. The van der Waals surface area contributed by atoms with Crippen LogP contribution < -0.4 is 16.3 Å². The van der Waals surface area contributed by atoms with Crippen LogP contribution in [0.1, 0.15) is 40.8 Å². The van der Waals surface area contributed by atoms with E-state index in [2.05, 4.69) is 10.1 Å². The monoisotopic (exact) mass is 493 g/mol. The van der Waals surface area contributed by atoms with Crippen LogP contribution in [0.2, 0.25) is 0 Å². The van der Waals surface area contributed by atoms with Crippen LogP contribution in [-0.2, 0) is 27.9 Å². The smallest absolute Gasteiger partial charge is 0.406 e. The Morgan fingerprint density at radius 2 is 2.09 bits per heavy atom. The molecular weight excluding hydrogens is 465 g/mol. The maximum absolute atomic E-state index is 13.4. The van der Waals surface area contributed by atoms with Crippen LogP contribution in [0.4, 0.5) is 0 Å². The molecule has 0 radical (unpaired) electrons. The molecule has 1 aromatic rings. The van der Waals surface area contributed by atoms with Crippen molar-refractivity contribution in [2.45, 2.75) is 64.0 Å². The predicted octanol–water partition coefficient (Wildman–Crippen LogP) is 1.77. The molecule has 32 heavy (non-hydrogen) atoms. The van der Waals surface area contributed by atoms with Gasteiger partial charge in [-0.05, 0) is 12.8 Å². The number of carbonyl (C=O) groups excluding carboxylic acids is 1. The van der Waals surface area contributed by atoms with E-state index in [1.165, 1.54) is 12.3 Å². The summed E-state index contributed by atoms with van der Waals surface area (Å²) >= 11 is 6.74. The number of alkyl halides is 1. The SMILES string of the molecule is CC(C)C(=O)OCC(NP1(=O)OCC2OC(n3ccc(=O)[nH]c3=O)C(C)(Cl)C2O1)C(C)C. The third-order valence-electron chi connectivity index (χ3n) is 5.45. The molecule has 1 aromatic heterocycles. The van der Waals surface area contributed by atoms with Crippen LogP contribution in [0.5, 0.6) is 0 Å². The van der Waals surface area contributed by atoms with E-state index in [1.54, 1.807) is 20.8 Å². The average Bonchev–Trinajstić information content (AvgIpc) is 2.94. The number of H-pyrrole nitrogens is 1. The van der Waals surface area contributed by atoms with Gasteiger partial charge in [-0.1, -0.05) is 27.7 Å². The predicted molar refractivity (Wildman–Crippen MR) is 115 cm³/mol. The van der Waals surface area contributed by atoms with Crippen LogP contribution in [0, 0.1) is 11.8 Å². The molecule has 180 valence electrons. The summed E-state index contributed by atoms with van der Waals surface area (Å²) in [6.07, 6.45) is -1.29. The molecule has 3 rings (SSSR count). The molecule has 13 heteroatoms. The van der Waals surface area contributed by atoms with E-state index in [0.717, 1.165) is 4.57 Å². The van der Waals surface area contributed by atoms with Gasteiger partial charge in [-0.2, -0.15) is 0 Å². The maximum Gasteiger partial charge on any atom is 0.406 e. The van der Waals surface area contributed by atoms with E-state index in [9.17, 15) is 18.9 Å². The number of aromatic nitrogens is 2.